The molecule has 1 aromatic rings. The van der Waals surface area contributed by atoms with Crippen LogP contribution in [0.2, 0.25) is 0 Å². The Kier molecular flexibility index (Phi) is 3.62. The fourth-order valence-electron chi connectivity index (χ4n) is 2.29. The van der Waals surface area contributed by atoms with Crippen molar-refractivity contribution in [2.24, 2.45) is 5.92 Å². The van der Waals surface area contributed by atoms with E-state index in [2.05, 4.69) is 0 Å². The third-order valence-electron chi connectivity index (χ3n) is 3.14. The lowest BCUT2D eigenvalue weighted by Gasteiger charge is -2.22. The SMILES string of the molecule is OCC(Oc1ccccc1)C1CCCC1. The average Bonchev–Trinajstić information content (AvgIpc) is 2.81. The van der Waals surface area contributed by atoms with Gasteiger partial charge < -0.3 is 9.84 Å². The Morgan fingerprint density at radius 3 is 2.47 bits per heavy atom. The van der Waals surface area contributed by atoms with Crippen LogP contribution in [0.15, 0.2) is 30.3 Å². The van der Waals surface area contributed by atoms with Gasteiger partial charge in [0.15, 0.2) is 0 Å². The van der Waals surface area contributed by atoms with Gasteiger partial charge in [0.2, 0.25) is 0 Å². The third-order valence-corrected chi connectivity index (χ3v) is 3.14. The van der Waals surface area contributed by atoms with E-state index >= 15 is 0 Å². The first-order chi connectivity index (χ1) is 7.40. The predicted molar refractivity (Wildman–Crippen MR) is 59.9 cm³/mol. The van der Waals surface area contributed by atoms with Crippen LogP contribution in [0.5, 0.6) is 5.75 Å². The van der Waals surface area contributed by atoms with Gasteiger partial charge in [-0.15, -0.1) is 0 Å². The number of para-hydroxylation sites is 1. The summed E-state index contributed by atoms with van der Waals surface area (Å²) in [5.74, 6) is 1.40. The minimum atomic E-state index is -0.0186. The number of rotatable bonds is 4. The Labute approximate surface area is 90.9 Å². The highest BCUT2D eigenvalue weighted by molar-refractivity contribution is 5.21. The number of aliphatic hydroxyl groups is 1. The van der Waals surface area contributed by atoms with E-state index < -0.39 is 0 Å². The molecule has 0 bridgehead atoms. The van der Waals surface area contributed by atoms with Gasteiger partial charge in [0.25, 0.3) is 0 Å². The Balaban J connectivity index is 1.96. The molecule has 1 fully saturated rings. The van der Waals surface area contributed by atoms with Crippen LogP contribution in [-0.2, 0) is 0 Å². The maximum atomic E-state index is 9.32. The van der Waals surface area contributed by atoms with E-state index in [1.54, 1.807) is 0 Å². The highest BCUT2D eigenvalue weighted by atomic mass is 16.5. The molecule has 0 heterocycles. The van der Waals surface area contributed by atoms with Crippen molar-refractivity contribution in [3.63, 3.8) is 0 Å². The summed E-state index contributed by atoms with van der Waals surface area (Å²) in [4.78, 5) is 0. The summed E-state index contributed by atoms with van der Waals surface area (Å²) in [6.07, 6.45) is 4.92. The van der Waals surface area contributed by atoms with Crippen molar-refractivity contribution in [2.45, 2.75) is 31.8 Å². The molecule has 1 N–H and O–H groups in total. The molecule has 1 aromatic carbocycles. The van der Waals surface area contributed by atoms with Gasteiger partial charge in [-0.05, 0) is 30.9 Å². The lowest BCUT2D eigenvalue weighted by molar-refractivity contribution is 0.0696. The standard InChI is InChI=1S/C13H18O2/c14-10-13(11-6-4-5-7-11)15-12-8-2-1-3-9-12/h1-3,8-9,11,13-14H,4-7,10H2. The molecular weight excluding hydrogens is 188 g/mol. The first-order valence-electron chi connectivity index (χ1n) is 5.72. The van der Waals surface area contributed by atoms with Crippen LogP contribution >= 0.6 is 0 Å². The van der Waals surface area contributed by atoms with E-state index in [0.29, 0.717) is 5.92 Å². The molecule has 0 aliphatic heterocycles. The summed E-state index contributed by atoms with van der Waals surface area (Å²) >= 11 is 0. The van der Waals surface area contributed by atoms with Gasteiger partial charge in [-0.25, -0.2) is 0 Å². The van der Waals surface area contributed by atoms with E-state index in [9.17, 15) is 5.11 Å². The second kappa shape index (κ2) is 5.17. The molecule has 0 saturated heterocycles. The molecule has 0 radical (unpaired) electrons. The molecule has 82 valence electrons. The largest absolute Gasteiger partial charge is 0.488 e. The van der Waals surface area contributed by atoms with Gasteiger partial charge in [-0.1, -0.05) is 31.0 Å². The van der Waals surface area contributed by atoms with Crippen LogP contribution in [0.3, 0.4) is 0 Å². The van der Waals surface area contributed by atoms with Crippen molar-refractivity contribution in [3.8, 4) is 5.75 Å². The van der Waals surface area contributed by atoms with Gasteiger partial charge >= 0.3 is 0 Å². The molecule has 1 atom stereocenters. The number of ether oxygens (including phenoxy) is 1. The highest BCUT2D eigenvalue weighted by Crippen LogP contribution is 2.29. The van der Waals surface area contributed by atoms with Gasteiger partial charge in [0.05, 0.1) is 6.61 Å². The monoisotopic (exact) mass is 206 g/mol. The Morgan fingerprint density at radius 1 is 1.20 bits per heavy atom. The molecule has 1 aliphatic carbocycles. The number of hydrogen-bond acceptors (Lipinski definition) is 2. The zero-order valence-electron chi connectivity index (χ0n) is 8.93. The zero-order valence-corrected chi connectivity index (χ0v) is 8.93. The van der Waals surface area contributed by atoms with Crippen LogP contribution in [0.25, 0.3) is 0 Å². The summed E-state index contributed by atoms with van der Waals surface area (Å²) in [5, 5.41) is 9.32. The van der Waals surface area contributed by atoms with Gasteiger partial charge in [0, 0.05) is 0 Å². The van der Waals surface area contributed by atoms with Crippen molar-refractivity contribution in [1.82, 2.24) is 0 Å². The van der Waals surface area contributed by atoms with E-state index in [1.807, 2.05) is 30.3 Å². The second-order valence-corrected chi connectivity index (χ2v) is 4.20. The second-order valence-electron chi connectivity index (χ2n) is 4.20. The van der Waals surface area contributed by atoms with Crippen molar-refractivity contribution >= 4 is 0 Å². The van der Waals surface area contributed by atoms with Crippen molar-refractivity contribution < 1.29 is 9.84 Å². The molecule has 2 rings (SSSR count). The molecule has 0 aromatic heterocycles. The molecule has 0 amide bonds. The first kappa shape index (κ1) is 10.5. The Morgan fingerprint density at radius 2 is 1.87 bits per heavy atom. The Bertz CT molecular complexity index is 278. The fourth-order valence-corrected chi connectivity index (χ4v) is 2.29. The maximum Gasteiger partial charge on any atom is 0.124 e. The van der Waals surface area contributed by atoms with Crippen LogP contribution in [0.4, 0.5) is 0 Å². The minimum absolute atomic E-state index is 0.0186. The molecule has 0 spiro atoms. The molecule has 15 heavy (non-hydrogen) atoms. The lowest BCUT2D eigenvalue weighted by atomic mass is 10.0. The third kappa shape index (κ3) is 2.72. The number of aliphatic hydroxyl groups excluding tert-OH is 1. The normalized spacial score (nSPS) is 19.0. The molecule has 2 nitrogen and oxygen atoms in total. The van der Waals surface area contributed by atoms with E-state index in [4.69, 9.17) is 4.74 Å². The topological polar surface area (TPSA) is 29.5 Å². The molecule has 2 heteroatoms. The fraction of sp³-hybridized carbons (Fsp3) is 0.538. The van der Waals surface area contributed by atoms with Gasteiger partial charge in [0.1, 0.15) is 11.9 Å². The van der Waals surface area contributed by atoms with Crippen molar-refractivity contribution in [1.29, 1.82) is 0 Å². The summed E-state index contributed by atoms with van der Waals surface area (Å²) in [6, 6.07) is 9.77. The number of benzene rings is 1. The van der Waals surface area contributed by atoms with E-state index in [0.717, 1.165) is 5.75 Å². The van der Waals surface area contributed by atoms with E-state index in [-0.39, 0.29) is 12.7 Å². The molecule has 1 saturated carbocycles. The molecule has 1 aliphatic rings. The van der Waals surface area contributed by atoms with Gasteiger partial charge in [-0.3, -0.25) is 0 Å². The summed E-state index contributed by atoms with van der Waals surface area (Å²) in [7, 11) is 0. The summed E-state index contributed by atoms with van der Waals surface area (Å²) in [6.45, 7) is 0.125. The van der Waals surface area contributed by atoms with Crippen LogP contribution in [-0.4, -0.2) is 17.8 Å². The Hall–Kier alpha value is -1.02. The van der Waals surface area contributed by atoms with Crippen molar-refractivity contribution in [3.05, 3.63) is 30.3 Å². The lowest BCUT2D eigenvalue weighted by Crippen LogP contribution is -2.29. The smallest absolute Gasteiger partial charge is 0.124 e. The summed E-state index contributed by atoms with van der Waals surface area (Å²) in [5.41, 5.74) is 0. The molecule has 1 unspecified atom stereocenters. The van der Waals surface area contributed by atoms with Crippen LogP contribution in [0, 0.1) is 5.92 Å². The molecular formula is C13H18O2. The van der Waals surface area contributed by atoms with Gasteiger partial charge in [-0.2, -0.15) is 0 Å². The van der Waals surface area contributed by atoms with E-state index in [1.165, 1.54) is 25.7 Å². The minimum Gasteiger partial charge on any atom is -0.488 e. The number of hydrogen-bond donors (Lipinski definition) is 1. The van der Waals surface area contributed by atoms with Crippen LogP contribution in [0.1, 0.15) is 25.7 Å². The zero-order chi connectivity index (χ0) is 10.5. The highest BCUT2D eigenvalue weighted by Gasteiger charge is 2.25. The summed E-state index contributed by atoms with van der Waals surface area (Å²) < 4.78 is 5.80. The predicted octanol–water partition coefficient (Wildman–Crippen LogP) is 2.62. The maximum absolute atomic E-state index is 9.32. The van der Waals surface area contributed by atoms with Crippen molar-refractivity contribution in [2.75, 3.05) is 6.61 Å². The first-order valence-corrected chi connectivity index (χ1v) is 5.72. The van der Waals surface area contributed by atoms with Crippen LogP contribution < -0.4 is 4.74 Å². The quantitative estimate of drug-likeness (QED) is 0.820. The average molecular weight is 206 g/mol.